The molecule has 0 atom stereocenters. The number of hydrogen-bond donors (Lipinski definition) is 9. The Hall–Kier alpha value is 0.450. The van der Waals surface area contributed by atoms with E-state index in [2.05, 4.69) is 71.4 Å². The molecule has 13 rings (SSSR count). The van der Waals surface area contributed by atoms with E-state index in [-0.39, 0.29) is 14.9 Å². The van der Waals surface area contributed by atoms with Crippen molar-refractivity contribution >= 4 is 35.3 Å². The lowest BCUT2D eigenvalue weighted by Crippen LogP contribution is -2.39. The van der Waals surface area contributed by atoms with Crippen molar-refractivity contribution in [2.24, 2.45) is 0 Å². The number of rotatable bonds is 0. The predicted octanol–water partition coefficient (Wildman–Crippen LogP) is 8.77. The maximum Gasteiger partial charge on any atom is 0.146 e. The zero-order valence-corrected chi connectivity index (χ0v) is 50.9. The third-order valence-corrected chi connectivity index (χ3v) is 15.9. The van der Waals surface area contributed by atoms with Crippen LogP contribution in [-0.4, -0.2) is 219 Å². The van der Waals surface area contributed by atoms with Gasteiger partial charge in [-0.25, -0.2) is 0 Å². The third kappa shape index (κ3) is 74.4. The van der Waals surface area contributed by atoms with Gasteiger partial charge in [-0.2, -0.15) is 23.5 Å². The minimum absolute atomic E-state index is 0. The van der Waals surface area contributed by atoms with Crippen molar-refractivity contribution in [2.45, 2.75) is 163 Å². The van der Waals surface area contributed by atoms with Crippen LogP contribution >= 0.6 is 35.3 Å². The number of nitrogens with one attached hydrogen (secondary N) is 9. The standard InChI is InChI=1S/C6H13N.C5H11NO.2C5H11N.C5H10O.C5H10S.C4H10N2.C4H9NO.C4H9N.C4H8O.C4H8S.C3H7NS.C3H6O2.2CH4/c1-2-4-6-7-5-3-1;1-2-6-3-5-7-4-1;4*1-2-4-6-5-3-1;1-2-6-4-3-5-1;1-3-6-4-2-5-1;3*1-2-4-5-3-1;2*1-2-5-3-4-1;;/h7H,1-6H2;6H,1-5H2;2*6H,1-5H2;2*1-5H2;5-6H,1-4H2;5H,1-4H2;5H,1-4H2;2*1-4H2;4H,1-3H2;1-3H2;2*1H4. The van der Waals surface area contributed by atoms with Gasteiger partial charge in [-0.15, -0.1) is 11.8 Å². The molecule has 0 aromatic carbocycles. The van der Waals surface area contributed by atoms with E-state index in [1.54, 1.807) is 0 Å². The molecular formula is C59H131N9O6S3. The van der Waals surface area contributed by atoms with Crippen molar-refractivity contribution in [3.63, 3.8) is 0 Å². The molecule has 15 nitrogen and oxygen atoms in total. The van der Waals surface area contributed by atoms with Crippen LogP contribution in [0.4, 0.5) is 0 Å². The second kappa shape index (κ2) is 76.5. The number of piperazine rings is 1. The van der Waals surface area contributed by atoms with Crippen LogP contribution in [0.25, 0.3) is 0 Å². The van der Waals surface area contributed by atoms with Crippen molar-refractivity contribution in [1.29, 1.82) is 0 Å². The number of ether oxygens (including phenoxy) is 6. The molecule has 13 aliphatic heterocycles. The Bertz CT molecular complexity index is 665. The Morgan fingerprint density at radius 2 is 0.468 bits per heavy atom. The van der Waals surface area contributed by atoms with Gasteiger partial charge in [0, 0.05) is 97.0 Å². The van der Waals surface area contributed by atoms with E-state index >= 15 is 0 Å². The molecule has 0 aliphatic carbocycles. The summed E-state index contributed by atoms with van der Waals surface area (Å²) in [4.78, 5) is 0. The van der Waals surface area contributed by atoms with Crippen LogP contribution in [0.1, 0.15) is 163 Å². The molecule has 18 heteroatoms. The van der Waals surface area contributed by atoms with Crippen molar-refractivity contribution in [2.75, 3.05) is 219 Å². The van der Waals surface area contributed by atoms with Crippen molar-refractivity contribution in [1.82, 2.24) is 47.9 Å². The Labute approximate surface area is 490 Å². The molecule has 0 aromatic rings. The highest BCUT2D eigenvalue weighted by Gasteiger charge is 2.00. The van der Waals surface area contributed by atoms with Crippen molar-refractivity contribution in [3.05, 3.63) is 0 Å². The lowest BCUT2D eigenvalue weighted by molar-refractivity contribution is 0.0692. The molecule has 0 saturated carbocycles. The largest absolute Gasteiger partial charge is 0.381 e. The number of thioether (sulfide) groups is 3. The normalized spacial score (nSPS) is 23.4. The van der Waals surface area contributed by atoms with E-state index in [1.807, 2.05) is 11.8 Å². The van der Waals surface area contributed by atoms with Crippen LogP contribution in [0.5, 0.6) is 0 Å². The Kier molecular flexibility index (Phi) is 78.9. The summed E-state index contributed by atoms with van der Waals surface area (Å²) in [5.74, 6) is 8.14. The van der Waals surface area contributed by atoms with Crippen LogP contribution in [0, 0.1) is 0 Å². The molecule has 13 fully saturated rings. The highest BCUT2D eigenvalue weighted by Crippen LogP contribution is 2.15. The molecule has 77 heavy (non-hydrogen) atoms. The summed E-state index contributed by atoms with van der Waals surface area (Å²) in [5.41, 5.74) is 0. The van der Waals surface area contributed by atoms with Crippen LogP contribution in [0.3, 0.4) is 0 Å². The van der Waals surface area contributed by atoms with E-state index in [0.29, 0.717) is 6.79 Å². The summed E-state index contributed by atoms with van der Waals surface area (Å²) in [6.07, 6.45) is 31.8. The van der Waals surface area contributed by atoms with Gasteiger partial charge < -0.3 is 76.3 Å². The van der Waals surface area contributed by atoms with Gasteiger partial charge in [0.15, 0.2) is 0 Å². The first-order chi connectivity index (χ1) is 37.5. The third-order valence-electron chi connectivity index (χ3n) is 12.7. The molecular weight excluding hydrogens is 1030 g/mol. The number of piperidine rings is 2. The second-order valence-electron chi connectivity index (χ2n) is 19.8. The fraction of sp³-hybridized carbons (Fsp3) is 1.00. The van der Waals surface area contributed by atoms with Gasteiger partial charge in [0.25, 0.3) is 0 Å². The lowest BCUT2D eigenvalue weighted by atomic mass is 10.2. The molecule has 0 spiro atoms. The van der Waals surface area contributed by atoms with Crippen LogP contribution in [-0.2, 0) is 28.4 Å². The lowest BCUT2D eigenvalue weighted by Gasteiger charge is -2.11. The first-order valence-corrected chi connectivity index (χ1v) is 34.5. The molecule has 0 aromatic heterocycles. The fourth-order valence-electron chi connectivity index (χ4n) is 8.05. The van der Waals surface area contributed by atoms with Crippen LogP contribution in [0.2, 0.25) is 0 Å². The average molecular weight is 1160 g/mol. The van der Waals surface area contributed by atoms with E-state index < -0.39 is 0 Å². The molecule has 0 amide bonds. The van der Waals surface area contributed by atoms with E-state index in [4.69, 9.17) is 28.4 Å². The molecule has 13 aliphatic rings. The highest BCUT2D eigenvalue weighted by molar-refractivity contribution is 7.99. The quantitative estimate of drug-likeness (QED) is 0.113. The zero-order valence-electron chi connectivity index (χ0n) is 48.5. The Balaban J connectivity index is 0. The molecule has 466 valence electrons. The molecule has 13 heterocycles. The van der Waals surface area contributed by atoms with Gasteiger partial charge in [0.05, 0.1) is 33.0 Å². The average Bonchev–Trinajstić information content (AvgIpc) is 4.40. The topological polar surface area (TPSA) is 164 Å². The van der Waals surface area contributed by atoms with Crippen molar-refractivity contribution < 1.29 is 28.4 Å². The molecule has 0 bridgehead atoms. The van der Waals surface area contributed by atoms with Gasteiger partial charge in [-0.3, -0.25) is 0 Å². The summed E-state index contributed by atoms with van der Waals surface area (Å²) >= 11 is 6.13. The summed E-state index contributed by atoms with van der Waals surface area (Å²) in [7, 11) is 0. The van der Waals surface area contributed by atoms with Gasteiger partial charge in [0.1, 0.15) is 6.79 Å². The zero-order chi connectivity index (χ0) is 53.0. The van der Waals surface area contributed by atoms with E-state index in [0.717, 1.165) is 118 Å². The van der Waals surface area contributed by atoms with Gasteiger partial charge >= 0.3 is 0 Å². The van der Waals surface area contributed by atoms with Gasteiger partial charge in [-0.1, -0.05) is 47.0 Å². The number of morpholine rings is 1. The second-order valence-corrected chi connectivity index (χ2v) is 23.3. The SMILES string of the molecule is C.C.C1CCCNCC1.C1CCNC1.C1CCNCC1.C1CCNCC1.C1CCOC1.C1CCOCC1.C1CCSC1.C1CCSCC1.C1CNCCN1.C1CNCCOC1.C1COCCN1.C1COCO1.C1CSCN1. The summed E-state index contributed by atoms with van der Waals surface area (Å²) < 4.78 is 29.6. The monoisotopic (exact) mass is 1160 g/mol. The molecule has 9 N–H and O–H groups in total. The maximum atomic E-state index is 5.13. The van der Waals surface area contributed by atoms with Crippen molar-refractivity contribution in [3.8, 4) is 0 Å². The van der Waals surface area contributed by atoms with E-state index in [1.165, 1.54) is 241 Å². The minimum atomic E-state index is 0. The van der Waals surface area contributed by atoms with Crippen LogP contribution < -0.4 is 47.9 Å². The maximum absolute atomic E-state index is 5.13. The van der Waals surface area contributed by atoms with Gasteiger partial charge in [-0.05, 0) is 197 Å². The minimum Gasteiger partial charge on any atom is -0.381 e. The van der Waals surface area contributed by atoms with Gasteiger partial charge in [0.2, 0.25) is 0 Å². The van der Waals surface area contributed by atoms with Crippen LogP contribution in [0.15, 0.2) is 0 Å². The van der Waals surface area contributed by atoms with E-state index in [9.17, 15) is 0 Å². The Morgan fingerprint density at radius 3 is 0.727 bits per heavy atom. The molecule has 0 unspecified atom stereocenters. The highest BCUT2D eigenvalue weighted by atomic mass is 32.2. The first kappa shape index (κ1) is 79.5. The summed E-state index contributed by atoms with van der Waals surface area (Å²) in [5, 5.41) is 29.2. The summed E-state index contributed by atoms with van der Waals surface area (Å²) in [6, 6.07) is 0. The fourth-order valence-corrected chi connectivity index (χ4v) is 10.8. The molecule has 13 saturated heterocycles. The predicted molar refractivity (Wildman–Crippen MR) is 343 cm³/mol. The molecule has 0 radical (unpaired) electrons. The summed E-state index contributed by atoms with van der Waals surface area (Å²) in [6.45, 7) is 29.6. The Morgan fingerprint density at radius 1 is 0.182 bits per heavy atom. The smallest absolute Gasteiger partial charge is 0.146 e. The number of hydrogen-bond acceptors (Lipinski definition) is 18. The first-order valence-electron chi connectivity index (χ1n) is 31.1.